The Kier molecular flexibility index (Phi) is 3.44. The van der Waals surface area contributed by atoms with Gasteiger partial charge in [-0.05, 0) is 11.5 Å². The van der Waals surface area contributed by atoms with Crippen molar-refractivity contribution < 1.29 is 4.57 Å². The van der Waals surface area contributed by atoms with Gasteiger partial charge in [-0.3, -0.25) is 0 Å². The fourth-order valence-electron chi connectivity index (χ4n) is 2.30. The van der Waals surface area contributed by atoms with Gasteiger partial charge >= 0.3 is 0 Å². The Hall–Kier alpha value is -1.81. The zero-order valence-electron chi connectivity index (χ0n) is 10.5. The normalized spacial score (nSPS) is 10.7. The number of terminal acetylenes is 1. The Labute approximate surface area is 103 Å². The van der Waals surface area contributed by atoms with Crippen LogP contribution in [0.2, 0.25) is 0 Å². The lowest BCUT2D eigenvalue weighted by atomic mass is 10.0. The molecule has 0 N–H and O–H groups in total. The van der Waals surface area contributed by atoms with Crippen LogP contribution in [0.1, 0.15) is 31.9 Å². The number of fused-ring (bicyclic) bond motifs is 1. The summed E-state index contributed by atoms with van der Waals surface area (Å²) in [5, 5.41) is 2.63. The Morgan fingerprint density at radius 3 is 2.71 bits per heavy atom. The van der Waals surface area contributed by atoms with E-state index >= 15 is 0 Å². The molecule has 0 bridgehead atoms. The van der Waals surface area contributed by atoms with Gasteiger partial charge in [0.25, 0.3) is 0 Å². The van der Waals surface area contributed by atoms with Crippen molar-refractivity contribution in [3.8, 4) is 12.3 Å². The van der Waals surface area contributed by atoms with Gasteiger partial charge in [0.2, 0.25) is 0 Å². The molecule has 0 atom stereocenters. The average molecular weight is 224 g/mol. The van der Waals surface area contributed by atoms with Crippen molar-refractivity contribution in [1.82, 2.24) is 0 Å². The minimum atomic E-state index is 0.499. The van der Waals surface area contributed by atoms with Crippen LogP contribution in [0.5, 0.6) is 0 Å². The molecule has 0 spiro atoms. The summed E-state index contributed by atoms with van der Waals surface area (Å²) in [7, 11) is 0. The van der Waals surface area contributed by atoms with Crippen LogP contribution in [-0.4, -0.2) is 0 Å². The van der Waals surface area contributed by atoms with Crippen LogP contribution in [0, 0.1) is 12.3 Å². The van der Waals surface area contributed by atoms with E-state index < -0.39 is 0 Å². The molecule has 0 fully saturated rings. The Morgan fingerprint density at radius 1 is 1.24 bits per heavy atom. The minimum Gasteiger partial charge on any atom is -0.201 e. The van der Waals surface area contributed by atoms with E-state index in [1.54, 1.807) is 0 Å². The van der Waals surface area contributed by atoms with E-state index in [9.17, 15) is 0 Å². The van der Waals surface area contributed by atoms with E-state index in [1.807, 2.05) is 0 Å². The van der Waals surface area contributed by atoms with Crippen molar-refractivity contribution in [3.63, 3.8) is 0 Å². The fraction of sp³-hybridized carbons (Fsp3) is 0.312. The maximum absolute atomic E-state index is 5.35. The molecule has 1 aromatic carbocycles. The SMILES string of the molecule is C#CCC[n+]1ccc2ccccc2c1C(C)C. The van der Waals surface area contributed by atoms with Crippen molar-refractivity contribution in [2.45, 2.75) is 32.7 Å². The third-order valence-corrected chi connectivity index (χ3v) is 3.02. The molecule has 1 nitrogen and oxygen atoms in total. The summed E-state index contributed by atoms with van der Waals surface area (Å²) in [5.74, 6) is 3.21. The van der Waals surface area contributed by atoms with Gasteiger partial charge in [0.05, 0.1) is 6.42 Å². The molecule has 1 aromatic heterocycles. The summed E-state index contributed by atoms with van der Waals surface area (Å²) in [6, 6.07) is 10.7. The summed E-state index contributed by atoms with van der Waals surface area (Å²) in [4.78, 5) is 0. The van der Waals surface area contributed by atoms with Crippen LogP contribution >= 0.6 is 0 Å². The molecular formula is C16H18N+. The molecule has 0 amide bonds. The Morgan fingerprint density at radius 2 is 2.00 bits per heavy atom. The summed E-state index contributed by atoms with van der Waals surface area (Å²) < 4.78 is 2.28. The first-order valence-corrected chi connectivity index (χ1v) is 6.08. The molecule has 2 rings (SSSR count). The first-order chi connectivity index (χ1) is 8.24. The van der Waals surface area contributed by atoms with Gasteiger partial charge in [-0.1, -0.05) is 32.0 Å². The van der Waals surface area contributed by atoms with Crippen LogP contribution in [0.4, 0.5) is 0 Å². The number of hydrogen-bond donors (Lipinski definition) is 0. The predicted molar refractivity (Wildman–Crippen MR) is 71.7 cm³/mol. The van der Waals surface area contributed by atoms with Gasteiger partial charge in [-0.2, -0.15) is 0 Å². The highest BCUT2D eigenvalue weighted by Crippen LogP contribution is 2.21. The van der Waals surface area contributed by atoms with E-state index in [4.69, 9.17) is 6.42 Å². The number of benzene rings is 1. The molecule has 0 radical (unpaired) electrons. The summed E-state index contributed by atoms with van der Waals surface area (Å²) in [5.41, 5.74) is 1.37. The van der Waals surface area contributed by atoms with Crippen molar-refractivity contribution in [1.29, 1.82) is 0 Å². The third kappa shape index (κ3) is 2.31. The maximum Gasteiger partial charge on any atom is 0.191 e. The molecule has 0 unspecified atom stereocenters. The zero-order valence-corrected chi connectivity index (χ0v) is 10.5. The van der Waals surface area contributed by atoms with Gasteiger partial charge < -0.3 is 0 Å². The summed E-state index contributed by atoms with van der Waals surface area (Å²) >= 11 is 0. The van der Waals surface area contributed by atoms with Crippen LogP contribution in [0.3, 0.4) is 0 Å². The molecule has 0 aliphatic carbocycles. The zero-order chi connectivity index (χ0) is 12.3. The number of pyridine rings is 1. The largest absolute Gasteiger partial charge is 0.201 e. The van der Waals surface area contributed by atoms with Crippen LogP contribution < -0.4 is 4.57 Å². The number of aryl methyl sites for hydroxylation is 1. The second-order valence-corrected chi connectivity index (χ2v) is 4.59. The minimum absolute atomic E-state index is 0.499. The summed E-state index contributed by atoms with van der Waals surface area (Å²) in [6.07, 6.45) is 8.28. The molecule has 0 saturated carbocycles. The Balaban J connectivity index is 2.61. The highest BCUT2D eigenvalue weighted by atomic mass is 15.0. The standard InChI is InChI=1S/C16H18N/c1-4-5-11-17-12-10-14-8-6-7-9-15(14)16(17)13(2)3/h1,6-10,12-13H,5,11H2,2-3H3/q+1. The van der Waals surface area contributed by atoms with Crippen LogP contribution in [-0.2, 0) is 6.54 Å². The predicted octanol–water partition coefficient (Wildman–Crippen LogP) is 3.27. The number of hydrogen-bond acceptors (Lipinski definition) is 0. The van der Waals surface area contributed by atoms with E-state index in [1.165, 1.54) is 16.5 Å². The maximum atomic E-state index is 5.35. The molecule has 1 heteroatoms. The number of nitrogens with zero attached hydrogens (tertiary/aromatic N) is 1. The van der Waals surface area contributed by atoms with Gasteiger partial charge in [0.15, 0.2) is 18.4 Å². The van der Waals surface area contributed by atoms with Crippen molar-refractivity contribution in [2.24, 2.45) is 0 Å². The second kappa shape index (κ2) is 5.01. The van der Waals surface area contributed by atoms with Gasteiger partial charge in [-0.25, -0.2) is 4.57 Å². The molecule has 86 valence electrons. The molecule has 1 heterocycles. The molecule has 0 saturated heterocycles. The number of rotatable bonds is 3. The molecule has 0 aliphatic heterocycles. The summed E-state index contributed by atoms with van der Waals surface area (Å²) in [6.45, 7) is 5.36. The Bertz CT molecular complexity index is 561. The molecular weight excluding hydrogens is 206 g/mol. The van der Waals surface area contributed by atoms with E-state index in [-0.39, 0.29) is 0 Å². The van der Waals surface area contributed by atoms with E-state index in [2.05, 4.69) is 60.9 Å². The van der Waals surface area contributed by atoms with Crippen molar-refractivity contribution >= 4 is 10.8 Å². The first kappa shape index (κ1) is 11.7. The highest BCUT2D eigenvalue weighted by molar-refractivity contribution is 5.83. The first-order valence-electron chi connectivity index (χ1n) is 6.08. The van der Waals surface area contributed by atoms with Gasteiger partial charge in [-0.15, -0.1) is 12.3 Å². The monoisotopic (exact) mass is 224 g/mol. The molecule has 0 aliphatic rings. The van der Waals surface area contributed by atoms with Crippen LogP contribution in [0.25, 0.3) is 10.8 Å². The quantitative estimate of drug-likeness (QED) is 0.556. The second-order valence-electron chi connectivity index (χ2n) is 4.59. The van der Waals surface area contributed by atoms with Crippen molar-refractivity contribution in [3.05, 3.63) is 42.2 Å². The smallest absolute Gasteiger partial charge is 0.191 e. The van der Waals surface area contributed by atoms with Crippen molar-refractivity contribution in [2.75, 3.05) is 0 Å². The van der Waals surface area contributed by atoms with Gasteiger partial charge in [0, 0.05) is 17.4 Å². The lowest BCUT2D eigenvalue weighted by Crippen LogP contribution is -2.38. The lowest BCUT2D eigenvalue weighted by Gasteiger charge is -2.09. The van der Waals surface area contributed by atoms with E-state index in [0.29, 0.717) is 5.92 Å². The molecule has 2 aromatic rings. The fourth-order valence-corrected chi connectivity index (χ4v) is 2.30. The van der Waals surface area contributed by atoms with Gasteiger partial charge in [0.1, 0.15) is 0 Å². The average Bonchev–Trinajstić information content (AvgIpc) is 2.35. The number of aromatic nitrogens is 1. The topological polar surface area (TPSA) is 3.88 Å². The molecule has 17 heavy (non-hydrogen) atoms. The van der Waals surface area contributed by atoms with Crippen LogP contribution in [0.15, 0.2) is 36.5 Å². The lowest BCUT2D eigenvalue weighted by molar-refractivity contribution is -0.702. The third-order valence-electron chi connectivity index (χ3n) is 3.02. The van der Waals surface area contributed by atoms with E-state index in [0.717, 1.165) is 13.0 Å². The highest BCUT2D eigenvalue weighted by Gasteiger charge is 2.17.